The van der Waals surface area contributed by atoms with Gasteiger partial charge in [0.25, 0.3) is 11.5 Å². The molecule has 1 aromatic carbocycles. The number of hydrogen-bond acceptors (Lipinski definition) is 7. The van der Waals surface area contributed by atoms with Crippen LogP contribution in [0.4, 0.5) is 0 Å². The van der Waals surface area contributed by atoms with E-state index in [-0.39, 0.29) is 5.56 Å². The summed E-state index contributed by atoms with van der Waals surface area (Å²) in [4.78, 5) is 32.4. The summed E-state index contributed by atoms with van der Waals surface area (Å²) in [5.41, 5.74) is 4.22. The maximum absolute atomic E-state index is 13.2. The maximum Gasteiger partial charge on any atom is 0.263 e. The minimum atomic E-state index is -0.746. The second kappa shape index (κ2) is 10.8. The molecule has 0 spiro atoms. The molecule has 1 atom stereocenters. The molecule has 4 rings (SSSR count). The first kappa shape index (κ1) is 23.9. The fourth-order valence-corrected chi connectivity index (χ4v) is 5.25. The lowest BCUT2D eigenvalue weighted by Gasteiger charge is -2.14. The number of carbonyl (C=O) groups excluding carboxylic acids is 1. The van der Waals surface area contributed by atoms with E-state index in [1.54, 1.807) is 31.4 Å². The molecule has 1 aliphatic rings. The van der Waals surface area contributed by atoms with Crippen LogP contribution >= 0.6 is 11.3 Å². The molecule has 8 nitrogen and oxygen atoms in total. The van der Waals surface area contributed by atoms with Crippen molar-refractivity contribution in [3.8, 4) is 11.5 Å². The summed E-state index contributed by atoms with van der Waals surface area (Å²) in [6.07, 6.45) is 9.13. The SMILES string of the molecule is CCCCOc1ccc(C=NNC(=O)[C@H](C)n2cnc3sc4c(c3c2=O)CCCC4)cc1OC. The van der Waals surface area contributed by atoms with E-state index in [1.165, 1.54) is 22.0 Å². The number of hydrogen-bond donors (Lipinski definition) is 1. The van der Waals surface area contributed by atoms with Crippen molar-refractivity contribution in [2.24, 2.45) is 5.10 Å². The third-order valence-corrected chi connectivity index (χ3v) is 7.23. The average molecular weight is 483 g/mol. The number of carbonyl (C=O) groups is 1. The highest BCUT2D eigenvalue weighted by Gasteiger charge is 2.23. The number of rotatable bonds is 9. The van der Waals surface area contributed by atoms with Gasteiger partial charge in [-0.15, -0.1) is 11.3 Å². The highest BCUT2D eigenvalue weighted by atomic mass is 32.1. The second-order valence-corrected chi connectivity index (χ2v) is 9.45. The van der Waals surface area contributed by atoms with Crippen molar-refractivity contribution in [3.05, 3.63) is 50.9 Å². The highest BCUT2D eigenvalue weighted by molar-refractivity contribution is 7.18. The third-order valence-electron chi connectivity index (χ3n) is 6.03. The molecule has 0 unspecified atom stereocenters. The molecule has 180 valence electrons. The van der Waals surface area contributed by atoms with E-state index in [0.717, 1.165) is 54.5 Å². The molecular formula is C25H30N4O4S. The molecule has 34 heavy (non-hydrogen) atoms. The van der Waals surface area contributed by atoms with Gasteiger partial charge in [-0.1, -0.05) is 13.3 Å². The van der Waals surface area contributed by atoms with Crippen molar-refractivity contribution < 1.29 is 14.3 Å². The Bertz CT molecular complexity index is 1260. The predicted molar refractivity (Wildman–Crippen MR) is 134 cm³/mol. The van der Waals surface area contributed by atoms with Gasteiger partial charge < -0.3 is 9.47 Å². The van der Waals surface area contributed by atoms with E-state index < -0.39 is 11.9 Å². The van der Waals surface area contributed by atoms with Gasteiger partial charge in [-0.2, -0.15) is 5.10 Å². The first-order valence-electron chi connectivity index (χ1n) is 11.7. The van der Waals surface area contributed by atoms with Crippen molar-refractivity contribution in [2.75, 3.05) is 13.7 Å². The van der Waals surface area contributed by atoms with Crippen LogP contribution in [0.15, 0.2) is 34.4 Å². The van der Waals surface area contributed by atoms with Crippen LogP contribution in [-0.2, 0) is 17.6 Å². The smallest absolute Gasteiger partial charge is 0.263 e. The lowest BCUT2D eigenvalue weighted by atomic mass is 9.97. The number of methoxy groups -OCH3 is 1. The van der Waals surface area contributed by atoms with Crippen LogP contribution < -0.4 is 20.5 Å². The van der Waals surface area contributed by atoms with Crippen molar-refractivity contribution in [3.63, 3.8) is 0 Å². The summed E-state index contributed by atoms with van der Waals surface area (Å²) < 4.78 is 12.5. The number of fused-ring (bicyclic) bond motifs is 3. The average Bonchev–Trinajstić information content (AvgIpc) is 3.24. The number of aromatic nitrogens is 2. The Labute approximate surface area is 202 Å². The van der Waals surface area contributed by atoms with Crippen molar-refractivity contribution in [1.29, 1.82) is 0 Å². The number of nitrogens with one attached hydrogen (secondary N) is 1. The normalized spacial score (nSPS) is 14.2. The summed E-state index contributed by atoms with van der Waals surface area (Å²) in [7, 11) is 1.58. The number of nitrogens with zero attached hydrogens (tertiary/aromatic N) is 3. The zero-order valence-electron chi connectivity index (χ0n) is 19.8. The Kier molecular flexibility index (Phi) is 7.62. The van der Waals surface area contributed by atoms with Gasteiger partial charge in [-0.05, 0) is 68.4 Å². The fourth-order valence-electron chi connectivity index (χ4n) is 4.04. The molecule has 3 aromatic rings. The molecular weight excluding hydrogens is 452 g/mol. The quantitative estimate of drug-likeness (QED) is 0.280. The Morgan fingerprint density at radius 2 is 2.15 bits per heavy atom. The van der Waals surface area contributed by atoms with E-state index in [9.17, 15) is 9.59 Å². The van der Waals surface area contributed by atoms with Crippen molar-refractivity contribution in [2.45, 2.75) is 58.4 Å². The van der Waals surface area contributed by atoms with Gasteiger partial charge in [0.15, 0.2) is 11.5 Å². The van der Waals surface area contributed by atoms with Crippen LogP contribution in [0.2, 0.25) is 0 Å². The van der Waals surface area contributed by atoms with E-state index in [4.69, 9.17) is 9.47 Å². The molecule has 0 radical (unpaired) electrons. The maximum atomic E-state index is 13.2. The molecule has 0 aliphatic heterocycles. The van der Waals surface area contributed by atoms with Gasteiger partial charge in [-0.3, -0.25) is 14.2 Å². The molecule has 1 amide bonds. The topological polar surface area (TPSA) is 94.8 Å². The number of benzene rings is 1. The highest BCUT2D eigenvalue weighted by Crippen LogP contribution is 2.33. The lowest BCUT2D eigenvalue weighted by molar-refractivity contribution is -0.123. The van der Waals surface area contributed by atoms with Crippen LogP contribution in [0.3, 0.4) is 0 Å². The summed E-state index contributed by atoms with van der Waals surface area (Å²) in [6, 6.07) is 4.71. The number of amides is 1. The zero-order chi connectivity index (χ0) is 24.1. The molecule has 2 aromatic heterocycles. The second-order valence-electron chi connectivity index (χ2n) is 8.37. The standard InChI is InChI=1S/C25H30N4O4S/c1-4-5-12-33-19-11-10-17(13-20(19)32-3)14-27-28-23(30)16(2)29-15-26-24-22(25(29)31)18-8-6-7-9-21(18)34-24/h10-11,13-16H,4-9,12H2,1-3H3,(H,28,30)/t16-/m0/s1. The zero-order valence-corrected chi connectivity index (χ0v) is 20.6. The van der Waals surface area contributed by atoms with Crippen LogP contribution in [0.1, 0.15) is 61.6 Å². The Hall–Kier alpha value is -3.20. The number of unbranched alkanes of at least 4 members (excludes halogenated alkanes) is 1. The van der Waals surface area contributed by atoms with Gasteiger partial charge in [0.1, 0.15) is 10.9 Å². The van der Waals surface area contributed by atoms with Gasteiger partial charge >= 0.3 is 0 Å². The Morgan fingerprint density at radius 3 is 2.94 bits per heavy atom. The number of hydrazone groups is 1. The molecule has 1 aliphatic carbocycles. The first-order chi connectivity index (χ1) is 16.5. The number of thiophene rings is 1. The number of aryl methyl sites for hydroxylation is 2. The minimum absolute atomic E-state index is 0.167. The summed E-state index contributed by atoms with van der Waals surface area (Å²) >= 11 is 1.60. The van der Waals surface area contributed by atoms with Gasteiger partial charge in [0.05, 0.1) is 31.6 Å². The van der Waals surface area contributed by atoms with Crippen LogP contribution in [0.25, 0.3) is 10.2 Å². The van der Waals surface area contributed by atoms with Gasteiger partial charge in [0, 0.05) is 4.88 Å². The Morgan fingerprint density at radius 1 is 1.32 bits per heavy atom. The molecule has 1 N–H and O–H groups in total. The molecule has 0 saturated heterocycles. The lowest BCUT2D eigenvalue weighted by Crippen LogP contribution is -2.34. The summed E-state index contributed by atoms with van der Waals surface area (Å²) in [6.45, 7) is 4.40. The van der Waals surface area contributed by atoms with Crippen LogP contribution in [0, 0.1) is 0 Å². The molecule has 9 heteroatoms. The molecule has 2 heterocycles. The van der Waals surface area contributed by atoms with Crippen molar-refractivity contribution >= 4 is 33.7 Å². The molecule has 0 fully saturated rings. The van der Waals surface area contributed by atoms with Crippen LogP contribution in [0.5, 0.6) is 11.5 Å². The summed E-state index contributed by atoms with van der Waals surface area (Å²) in [5.74, 6) is 0.878. The Balaban J connectivity index is 1.45. The summed E-state index contributed by atoms with van der Waals surface area (Å²) in [5, 5.41) is 4.73. The minimum Gasteiger partial charge on any atom is -0.493 e. The van der Waals surface area contributed by atoms with Crippen LogP contribution in [-0.4, -0.2) is 35.4 Å². The third kappa shape index (κ3) is 4.99. The van der Waals surface area contributed by atoms with E-state index in [2.05, 4.69) is 22.4 Å². The monoisotopic (exact) mass is 482 g/mol. The largest absolute Gasteiger partial charge is 0.493 e. The van der Waals surface area contributed by atoms with Gasteiger partial charge in [0.2, 0.25) is 0 Å². The molecule has 0 saturated carbocycles. The predicted octanol–water partition coefficient (Wildman–Crippen LogP) is 4.24. The molecule has 0 bridgehead atoms. The van der Waals surface area contributed by atoms with E-state index in [1.807, 2.05) is 12.1 Å². The van der Waals surface area contributed by atoms with Gasteiger partial charge in [-0.25, -0.2) is 10.4 Å². The van der Waals surface area contributed by atoms with Crippen molar-refractivity contribution in [1.82, 2.24) is 15.0 Å². The fraction of sp³-hybridized carbons (Fsp3) is 0.440. The van der Waals surface area contributed by atoms with E-state index in [0.29, 0.717) is 23.5 Å². The first-order valence-corrected chi connectivity index (χ1v) is 12.5. The van der Waals surface area contributed by atoms with E-state index >= 15 is 0 Å². The number of ether oxygens (including phenoxy) is 2.